The van der Waals surface area contributed by atoms with Crippen LogP contribution in [0, 0.1) is 23.7 Å². The van der Waals surface area contributed by atoms with Crippen molar-refractivity contribution in [1.29, 1.82) is 0 Å². The second kappa shape index (κ2) is 5.58. The Hall–Kier alpha value is -2.43. The maximum Gasteiger partial charge on any atom is 0.241 e. The second-order valence-electron chi connectivity index (χ2n) is 7.00. The quantitative estimate of drug-likeness (QED) is 0.669. The molecule has 1 saturated heterocycles. The first-order valence-corrected chi connectivity index (χ1v) is 8.46. The largest absolute Gasteiger partial charge is 0.368 e. The Morgan fingerprint density at radius 1 is 1.04 bits per heavy atom. The predicted molar refractivity (Wildman–Crippen MR) is 87.3 cm³/mol. The number of rotatable bonds is 4. The first-order chi connectivity index (χ1) is 11.6. The van der Waals surface area contributed by atoms with Gasteiger partial charge in [-0.3, -0.25) is 19.3 Å². The summed E-state index contributed by atoms with van der Waals surface area (Å²) in [6, 6.07) is 8.46. The molecule has 1 aromatic rings. The van der Waals surface area contributed by atoms with Gasteiger partial charge in [0, 0.05) is 6.42 Å². The number of carbonyl (C=O) groups is 3. The number of hydrogen-bond donors (Lipinski definition) is 1. The maximum atomic E-state index is 12.9. The molecular formula is C19H20N2O3. The molecule has 2 fully saturated rings. The highest BCUT2D eigenvalue weighted by Crippen LogP contribution is 2.50. The molecule has 124 valence electrons. The number of likely N-dealkylation sites (tertiary alicyclic amines) is 1. The topological polar surface area (TPSA) is 80.5 Å². The number of primary amides is 1. The molecule has 4 aliphatic rings. The third kappa shape index (κ3) is 2.19. The second-order valence-corrected chi connectivity index (χ2v) is 7.00. The minimum absolute atomic E-state index is 0.117. The number of hydrogen-bond acceptors (Lipinski definition) is 3. The van der Waals surface area contributed by atoms with Crippen molar-refractivity contribution in [3.8, 4) is 0 Å². The Labute approximate surface area is 140 Å². The summed E-state index contributed by atoms with van der Waals surface area (Å²) in [6.45, 7) is 0. The van der Waals surface area contributed by atoms with Crippen LogP contribution in [0.2, 0.25) is 0 Å². The van der Waals surface area contributed by atoms with E-state index in [9.17, 15) is 14.4 Å². The van der Waals surface area contributed by atoms with Crippen LogP contribution in [-0.4, -0.2) is 28.7 Å². The SMILES string of the molecule is NC(=O)[C@H](Cc1ccccc1)N1C(=O)[C@@H]2[C@@H](C1=O)[C@H]1C=C[C@H]2CC1. The van der Waals surface area contributed by atoms with E-state index in [0.29, 0.717) is 0 Å². The minimum Gasteiger partial charge on any atom is -0.368 e. The average molecular weight is 324 g/mol. The van der Waals surface area contributed by atoms with Crippen molar-refractivity contribution in [2.24, 2.45) is 29.4 Å². The lowest BCUT2D eigenvalue weighted by molar-refractivity contribution is -0.147. The van der Waals surface area contributed by atoms with Gasteiger partial charge in [0.1, 0.15) is 6.04 Å². The molecule has 1 heterocycles. The van der Waals surface area contributed by atoms with E-state index in [1.54, 1.807) is 0 Å². The number of carbonyl (C=O) groups excluding carboxylic acids is 3. The molecular weight excluding hydrogens is 304 g/mol. The summed E-state index contributed by atoms with van der Waals surface area (Å²) in [5, 5.41) is 0. The molecule has 0 unspecified atom stereocenters. The maximum absolute atomic E-state index is 12.9. The van der Waals surface area contributed by atoms with Crippen molar-refractivity contribution in [2.45, 2.75) is 25.3 Å². The van der Waals surface area contributed by atoms with E-state index in [0.717, 1.165) is 18.4 Å². The minimum atomic E-state index is -0.905. The Kier molecular flexibility index (Phi) is 3.52. The average Bonchev–Trinajstić information content (AvgIpc) is 2.88. The van der Waals surface area contributed by atoms with E-state index in [2.05, 4.69) is 12.2 Å². The zero-order chi connectivity index (χ0) is 16.8. The van der Waals surface area contributed by atoms with E-state index >= 15 is 0 Å². The lowest BCUT2D eigenvalue weighted by atomic mass is 9.63. The highest BCUT2D eigenvalue weighted by molar-refractivity contribution is 6.09. The summed E-state index contributed by atoms with van der Waals surface area (Å²) in [5.74, 6) is -1.44. The normalized spacial score (nSPS) is 32.1. The van der Waals surface area contributed by atoms with Gasteiger partial charge in [0.15, 0.2) is 0 Å². The van der Waals surface area contributed by atoms with Gasteiger partial charge in [-0.15, -0.1) is 0 Å². The smallest absolute Gasteiger partial charge is 0.241 e. The van der Waals surface area contributed by atoms with E-state index in [-0.39, 0.29) is 41.9 Å². The lowest BCUT2D eigenvalue weighted by Gasteiger charge is -2.38. The Bertz CT molecular complexity index is 695. The number of nitrogens with two attached hydrogens (primary N) is 1. The fraction of sp³-hybridized carbons (Fsp3) is 0.421. The monoisotopic (exact) mass is 324 g/mol. The van der Waals surface area contributed by atoms with Gasteiger partial charge in [-0.2, -0.15) is 0 Å². The third-order valence-corrected chi connectivity index (χ3v) is 5.71. The summed E-state index contributed by atoms with van der Waals surface area (Å²) in [5.41, 5.74) is 6.45. The lowest BCUT2D eigenvalue weighted by Crippen LogP contribution is -2.49. The molecule has 0 aromatic heterocycles. The van der Waals surface area contributed by atoms with Gasteiger partial charge in [-0.05, 0) is 30.2 Å². The zero-order valence-electron chi connectivity index (χ0n) is 13.3. The summed E-state index contributed by atoms with van der Waals surface area (Å²) in [4.78, 5) is 39.1. The number of amides is 3. The number of allylic oxidation sites excluding steroid dienone is 2. The van der Waals surface area contributed by atoms with Crippen LogP contribution in [0.1, 0.15) is 18.4 Å². The van der Waals surface area contributed by atoms with E-state index in [1.165, 1.54) is 4.90 Å². The number of fused-ring (bicyclic) bond motifs is 1. The van der Waals surface area contributed by atoms with Crippen molar-refractivity contribution < 1.29 is 14.4 Å². The molecule has 5 atom stereocenters. The van der Waals surface area contributed by atoms with Gasteiger partial charge in [0.05, 0.1) is 11.8 Å². The first kappa shape index (κ1) is 15.1. The van der Waals surface area contributed by atoms with Crippen molar-refractivity contribution >= 4 is 17.7 Å². The Balaban J connectivity index is 1.66. The number of nitrogens with zero attached hydrogens (tertiary/aromatic N) is 1. The molecule has 2 N–H and O–H groups in total. The third-order valence-electron chi connectivity index (χ3n) is 5.71. The van der Waals surface area contributed by atoms with Crippen LogP contribution in [-0.2, 0) is 20.8 Å². The predicted octanol–water partition coefficient (Wildman–Crippen LogP) is 1.28. The fourth-order valence-electron chi connectivity index (χ4n) is 4.56. The standard InChI is InChI=1S/C19H20N2O3/c20-17(22)14(10-11-4-2-1-3-5-11)21-18(23)15-12-6-7-13(9-8-12)16(15)19(21)24/h1-7,12-16H,8-10H2,(H2,20,22)/t12-,13-,14-,15-,16-/m0/s1. The van der Waals surface area contributed by atoms with Crippen LogP contribution in [0.3, 0.4) is 0 Å². The van der Waals surface area contributed by atoms with E-state index in [4.69, 9.17) is 5.73 Å². The van der Waals surface area contributed by atoms with Crippen molar-refractivity contribution in [1.82, 2.24) is 4.90 Å². The zero-order valence-corrected chi connectivity index (χ0v) is 13.3. The molecule has 0 radical (unpaired) electrons. The van der Waals surface area contributed by atoms with Crippen LogP contribution in [0.5, 0.6) is 0 Å². The van der Waals surface area contributed by atoms with Crippen LogP contribution in [0.25, 0.3) is 0 Å². The molecule has 0 spiro atoms. The van der Waals surface area contributed by atoms with Gasteiger partial charge in [-0.25, -0.2) is 0 Å². The summed E-state index contributed by atoms with van der Waals surface area (Å²) < 4.78 is 0. The molecule has 1 aliphatic heterocycles. The van der Waals surface area contributed by atoms with Crippen molar-refractivity contribution in [3.63, 3.8) is 0 Å². The molecule has 5 rings (SSSR count). The van der Waals surface area contributed by atoms with Gasteiger partial charge in [0.25, 0.3) is 0 Å². The molecule has 5 heteroatoms. The molecule has 24 heavy (non-hydrogen) atoms. The van der Waals surface area contributed by atoms with Crippen LogP contribution < -0.4 is 5.73 Å². The van der Waals surface area contributed by atoms with Crippen LogP contribution in [0.4, 0.5) is 0 Å². The molecule has 1 aromatic carbocycles. The Morgan fingerprint density at radius 3 is 2.04 bits per heavy atom. The number of benzene rings is 1. The van der Waals surface area contributed by atoms with Crippen LogP contribution in [0.15, 0.2) is 42.5 Å². The summed E-state index contributed by atoms with van der Waals surface area (Å²) >= 11 is 0. The molecule has 5 nitrogen and oxygen atoms in total. The number of imide groups is 1. The van der Waals surface area contributed by atoms with Crippen molar-refractivity contribution in [3.05, 3.63) is 48.0 Å². The molecule has 2 bridgehead atoms. The summed E-state index contributed by atoms with van der Waals surface area (Å²) in [7, 11) is 0. The van der Waals surface area contributed by atoms with Gasteiger partial charge in [0.2, 0.25) is 17.7 Å². The van der Waals surface area contributed by atoms with E-state index < -0.39 is 11.9 Å². The summed E-state index contributed by atoms with van der Waals surface area (Å²) in [6.07, 6.45) is 6.29. The first-order valence-electron chi connectivity index (χ1n) is 8.46. The van der Waals surface area contributed by atoms with Crippen LogP contribution >= 0.6 is 0 Å². The molecule has 1 saturated carbocycles. The molecule has 3 aliphatic carbocycles. The molecule has 3 amide bonds. The van der Waals surface area contributed by atoms with E-state index in [1.807, 2.05) is 30.3 Å². The Morgan fingerprint density at radius 2 is 1.58 bits per heavy atom. The van der Waals surface area contributed by atoms with Gasteiger partial charge >= 0.3 is 0 Å². The van der Waals surface area contributed by atoms with Gasteiger partial charge in [-0.1, -0.05) is 42.5 Å². The highest BCUT2D eigenvalue weighted by atomic mass is 16.2. The highest BCUT2D eigenvalue weighted by Gasteiger charge is 2.58. The fourth-order valence-corrected chi connectivity index (χ4v) is 4.56. The van der Waals surface area contributed by atoms with Crippen molar-refractivity contribution in [2.75, 3.05) is 0 Å². The van der Waals surface area contributed by atoms with Gasteiger partial charge < -0.3 is 5.73 Å².